The van der Waals surface area contributed by atoms with Crippen LogP contribution in [0.2, 0.25) is 0 Å². The summed E-state index contributed by atoms with van der Waals surface area (Å²) in [7, 11) is 2.85. The van der Waals surface area contributed by atoms with Gasteiger partial charge in [0.05, 0.1) is 31.0 Å². The molecule has 0 spiro atoms. The number of hydrogen-bond acceptors (Lipinski definition) is 6. The molecule has 4 rings (SSSR count). The van der Waals surface area contributed by atoms with Crippen LogP contribution in [0.4, 0.5) is 32.0 Å². The van der Waals surface area contributed by atoms with Gasteiger partial charge in [0.1, 0.15) is 12.4 Å². The first-order valence-corrected chi connectivity index (χ1v) is 10.5. The lowest BCUT2D eigenvalue weighted by atomic mass is 10.1. The number of ether oxygens (including phenoxy) is 2. The Labute approximate surface area is 193 Å². The molecular weight excluding hydrogens is 488 g/mol. The van der Waals surface area contributed by atoms with Crippen molar-refractivity contribution in [2.24, 2.45) is 9.98 Å². The lowest BCUT2D eigenvalue weighted by Gasteiger charge is -2.27. The van der Waals surface area contributed by atoms with Crippen LogP contribution >= 0.6 is 11.8 Å². The van der Waals surface area contributed by atoms with Crippen molar-refractivity contribution in [2.45, 2.75) is 18.1 Å². The van der Waals surface area contributed by atoms with Gasteiger partial charge in [-0.25, -0.2) is 4.99 Å². The number of methoxy groups -OCH3 is 2. The molecular formula is C21H15F6N3O3S. The number of hydrogen-bond donors (Lipinski definition) is 0. The molecule has 2 aliphatic heterocycles. The topological polar surface area (TPSA) is 63.5 Å². The van der Waals surface area contributed by atoms with Crippen LogP contribution in [0.1, 0.15) is 22.3 Å². The number of thioether (sulfide) groups is 1. The Morgan fingerprint density at radius 3 is 2.06 bits per heavy atom. The number of amides is 1. The first kappa shape index (κ1) is 23.9. The molecule has 0 saturated carbocycles. The molecule has 0 aliphatic carbocycles. The van der Waals surface area contributed by atoms with E-state index in [2.05, 4.69) is 9.98 Å². The number of fused-ring (bicyclic) bond motifs is 3. The van der Waals surface area contributed by atoms with Crippen molar-refractivity contribution in [3.63, 3.8) is 0 Å². The Bertz CT molecular complexity index is 1190. The van der Waals surface area contributed by atoms with E-state index in [1.54, 1.807) is 12.1 Å². The van der Waals surface area contributed by atoms with Crippen LogP contribution in [0, 0.1) is 0 Å². The summed E-state index contributed by atoms with van der Waals surface area (Å²) < 4.78 is 89.5. The number of carbonyl (C=O) groups is 1. The number of halogens is 6. The third-order valence-electron chi connectivity index (χ3n) is 4.98. The van der Waals surface area contributed by atoms with Gasteiger partial charge in [0.2, 0.25) is 0 Å². The molecule has 0 unspecified atom stereocenters. The molecule has 0 bridgehead atoms. The van der Waals surface area contributed by atoms with Gasteiger partial charge in [-0.05, 0) is 29.8 Å². The molecule has 34 heavy (non-hydrogen) atoms. The molecule has 0 radical (unpaired) electrons. The highest BCUT2D eigenvalue weighted by Crippen LogP contribution is 2.41. The molecule has 6 nitrogen and oxygen atoms in total. The molecule has 0 fully saturated rings. The van der Waals surface area contributed by atoms with Gasteiger partial charge in [-0.1, -0.05) is 11.8 Å². The average molecular weight is 503 g/mol. The van der Waals surface area contributed by atoms with Crippen LogP contribution in [-0.2, 0) is 22.9 Å². The van der Waals surface area contributed by atoms with E-state index in [-0.39, 0.29) is 34.9 Å². The van der Waals surface area contributed by atoms with Gasteiger partial charge in [0.15, 0.2) is 16.7 Å². The highest BCUT2D eigenvalue weighted by Gasteiger charge is 2.38. The number of rotatable bonds is 4. The monoisotopic (exact) mass is 503 g/mol. The van der Waals surface area contributed by atoms with Gasteiger partial charge in [-0.3, -0.25) is 9.69 Å². The molecule has 180 valence electrons. The smallest absolute Gasteiger partial charge is 0.416 e. The molecule has 2 aromatic carbocycles. The van der Waals surface area contributed by atoms with E-state index in [9.17, 15) is 31.1 Å². The second kappa shape index (κ2) is 8.53. The fourth-order valence-electron chi connectivity index (χ4n) is 3.45. The van der Waals surface area contributed by atoms with Gasteiger partial charge in [-0.15, -0.1) is 0 Å². The zero-order valence-electron chi connectivity index (χ0n) is 17.5. The van der Waals surface area contributed by atoms with E-state index in [0.717, 1.165) is 11.8 Å². The van der Waals surface area contributed by atoms with Crippen molar-refractivity contribution >= 4 is 34.4 Å². The zero-order chi connectivity index (χ0) is 24.8. The second-order valence-electron chi connectivity index (χ2n) is 7.24. The van der Waals surface area contributed by atoms with Crippen molar-refractivity contribution in [1.82, 2.24) is 4.90 Å². The van der Waals surface area contributed by atoms with Gasteiger partial charge in [-0.2, -0.15) is 31.3 Å². The summed E-state index contributed by atoms with van der Waals surface area (Å²) in [5.74, 6) is 0.258. The fourth-order valence-corrected chi connectivity index (χ4v) is 4.38. The van der Waals surface area contributed by atoms with E-state index in [1.165, 1.54) is 19.1 Å². The molecule has 0 atom stereocenters. The minimum Gasteiger partial charge on any atom is -0.493 e. The summed E-state index contributed by atoms with van der Waals surface area (Å²) in [6.45, 7) is -0.161. The lowest BCUT2D eigenvalue weighted by Crippen LogP contribution is -2.36. The van der Waals surface area contributed by atoms with Gasteiger partial charge in [0, 0.05) is 17.4 Å². The summed E-state index contributed by atoms with van der Waals surface area (Å²) in [4.78, 5) is 21.9. The molecule has 2 heterocycles. The maximum absolute atomic E-state index is 13.2. The maximum Gasteiger partial charge on any atom is 0.416 e. The van der Waals surface area contributed by atoms with Crippen LogP contribution < -0.4 is 9.47 Å². The quantitative estimate of drug-likeness (QED) is 0.533. The lowest BCUT2D eigenvalue weighted by molar-refractivity contribution is -0.143. The Hall–Kier alpha value is -3.22. The highest BCUT2D eigenvalue weighted by atomic mass is 32.2. The standard InChI is InChI=1S/C21H15F6N3O3S/c1-32-15-6-13-14(7-16(15)33-2)28-19(30-8-17(31)29-18(13)30)34-9-10-3-11(20(22,23)24)5-12(4-10)21(25,26)27/h3-7H,8-9H2,1-2H3. The zero-order valence-corrected chi connectivity index (χ0v) is 18.4. The molecule has 0 saturated heterocycles. The second-order valence-corrected chi connectivity index (χ2v) is 8.18. The molecule has 0 aromatic heterocycles. The van der Waals surface area contributed by atoms with Gasteiger partial charge < -0.3 is 9.47 Å². The Kier molecular flexibility index (Phi) is 6.00. The summed E-state index contributed by atoms with van der Waals surface area (Å²) in [6.07, 6.45) is -9.89. The molecule has 1 amide bonds. The van der Waals surface area contributed by atoms with Crippen molar-refractivity contribution in [3.8, 4) is 11.5 Å². The number of aliphatic imine (C=N–C) groups is 2. The largest absolute Gasteiger partial charge is 0.493 e. The summed E-state index contributed by atoms with van der Waals surface area (Å²) in [6, 6.07) is 4.54. The van der Waals surface area contributed by atoms with E-state index < -0.39 is 29.4 Å². The third kappa shape index (κ3) is 4.56. The van der Waals surface area contributed by atoms with Crippen molar-refractivity contribution in [3.05, 3.63) is 52.6 Å². The molecule has 2 aromatic rings. The molecule has 2 aliphatic rings. The van der Waals surface area contributed by atoms with Gasteiger partial charge in [0.25, 0.3) is 5.91 Å². The van der Waals surface area contributed by atoms with Crippen LogP contribution in [-0.4, -0.2) is 42.6 Å². The fraction of sp³-hybridized carbons (Fsp3) is 0.286. The van der Waals surface area contributed by atoms with Gasteiger partial charge >= 0.3 is 12.4 Å². The number of nitrogens with zero attached hydrogens (tertiary/aromatic N) is 3. The summed E-state index contributed by atoms with van der Waals surface area (Å²) in [5, 5.41) is 0.204. The van der Waals surface area contributed by atoms with Crippen LogP contribution in [0.25, 0.3) is 0 Å². The Balaban J connectivity index is 1.71. The number of carbonyl (C=O) groups excluding carboxylic acids is 1. The summed E-state index contributed by atoms with van der Waals surface area (Å²) >= 11 is 0.891. The minimum atomic E-state index is -4.95. The maximum atomic E-state index is 13.2. The van der Waals surface area contributed by atoms with E-state index in [4.69, 9.17) is 9.47 Å². The average Bonchev–Trinajstić information content (AvgIpc) is 3.16. The highest BCUT2D eigenvalue weighted by molar-refractivity contribution is 8.13. The normalized spacial score (nSPS) is 15.5. The predicted octanol–water partition coefficient (Wildman–Crippen LogP) is 5.26. The van der Waals surface area contributed by atoms with E-state index >= 15 is 0 Å². The Morgan fingerprint density at radius 2 is 1.50 bits per heavy atom. The first-order chi connectivity index (χ1) is 15.9. The van der Waals surface area contributed by atoms with E-state index in [1.807, 2.05) is 0 Å². The van der Waals surface area contributed by atoms with Crippen LogP contribution in [0.3, 0.4) is 0 Å². The van der Waals surface area contributed by atoms with Crippen LogP contribution in [0.5, 0.6) is 11.5 Å². The number of amidine groups is 2. The minimum absolute atomic E-state index is 0.0755. The predicted molar refractivity (Wildman–Crippen MR) is 113 cm³/mol. The van der Waals surface area contributed by atoms with Crippen molar-refractivity contribution < 1.29 is 40.6 Å². The van der Waals surface area contributed by atoms with E-state index in [0.29, 0.717) is 34.9 Å². The number of benzene rings is 2. The van der Waals surface area contributed by atoms with Crippen LogP contribution in [0.15, 0.2) is 40.3 Å². The molecule has 0 N–H and O–H groups in total. The SMILES string of the molecule is COc1cc2c(cc1OC)C1=NC(=O)CN1C(SCc1cc(C(F)(F)F)cc(C(F)(F)F)c1)=N2. The summed E-state index contributed by atoms with van der Waals surface area (Å²) in [5.41, 5.74) is -2.15. The first-order valence-electron chi connectivity index (χ1n) is 9.56. The molecule has 13 heteroatoms. The van der Waals surface area contributed by atoms with Crippen molar-refractivity contribution in [1.29, 1.82) is 0 Å². The Morgan fingerprint density at radius 1 is 0.912 bits per heavy atom. The van der Waals surface area contributed by atoms with Crippen molar-refractivity contribution in [2.75, 3.05) is 20.8 Å². The number of alkyl halides is 6. The third-order valence-corrected chi connectivity index (χ3v) is 6.03.